The molecule has 2 aromatic heterocycles. The highest BCUT2D eigenvalue weighted by molar-refractivity contribution is 6.30. The third kappa shape index (κ3) is 5.13. The van der Waals surface area contributed by atoms with Crippen molar-refractivity contribution in [2.75, 3.05) is 6.54 Å². The first-order valence-electron chi connectivity index (χ1n) is 8.58. The molecule has 0 saturated heterocycles. The number of hydrogen-bond donors (Lipinski definition) is 1. The van der Waals surface area contributed by atoms with Gasteiger partial charge >= 0.3 is 6.18 Å². The largest absolute Gasteiger partial charge is 0.434 e. The lowest BCUT2D eigenvalue weighted by Gasteiger charge is -2.19. The van der Waals surface area contributed by atoms with Crippen LogP contribution in [0.3, 0.4) is 0 Å². The Bertz CT molecular complexity index is 1120. The van der Waals surface area contributed by atoms with Crippen LogP contribution in [-0.2, 0) is 12.1 Å². The minimum Gasteiger partial charge on any atom is -0.346 e. The van der Waals surface area contributed by atoms with Crippen molar-refractivity contribution in [3.05, 3.63) is 82.6 Å². The second kappa shape index (κ2) is 8.54. The summed E-state index contributed by atoms with van der Waals surface area (Å²) in [6, 6.07) is 6.21. The average Bonchev–Trinajstić information content (AvgIpc) is 2.71. The van der Waals surface area contributed by atoms with E-state index in [1.54, 1.807) is 5.32 Å². The zero-order valence-corrected chi connectivity index (χ0v) is 16.1. The fraction of sp³-hybridized carbons (Fsp3) is 0.150. The number of nitrogens with zero attached hydrogens (tertiary/aromatic N) is 2. The van der Waals surface area contributed by atoms with E-state index in [4.69, 9.17) is 11.6 Å². The molecule has 11 heteroatoms. The van der Waals surface area contributed by atoms with Crippen LogP contribution in [0, 0.1) is 5.82 Å². The molecule has 4 nitrogen and oxygen atoms in total. The molecule has 0 atom stereocenters. The Hall–Kier alpha value is -3.14. The van der Waals surface area contributed by atoms with Crippen molar-refractivity contribution in [3.8, 4) is 11.1 Å². The topological polar surface area (TPSA) is 54.9 Å². The first kappa shape index (κ1) is 22.5. The smallest absolute Gasteiger partial charge is 0.346 e. The maximum Gasteiger partial charge on any atom is 0.434 e. The Balaban J connectivity index is 1.79. The van der Waals surface area contributed by atoms with E-state index in [-0.39, 0.29) is 10.6 Å². The monoisotopic (exact) mass is 459 g/mol. The van der Waals surface area contributed by atoms with Crippen molar-refractivity contribution in [2.24, 2.45) is 0 Å². The molecule has 0 aliphatic rings. The number of rotatable bonds is 5. The van der Waals surface area contributed by atoms with Gasteiger partial charge in [-0.1, -0.05) is 17.7 Å². The van der Waals surface area contributed by atoms with E-state index >= 15 is 0 Å². The molecule has 3 aromatic rings. The number of carbonyl (C=O) groups excluding carboxylic acids is 1. The maximum atomic E-state index is 14.5. The number of carbonyl (C=O) groups is 1. The maximum absolute atomic E-state index is 14.5. The van der Waals surface area contributed by atoms with Gasteiger partial charge in [-0.2, -0.15) is 22.0 Å². The van der Waals surface area contributed by atoms with Crippen LogP contribution in [0.2, 0.25) is 5.02 Å². The molecule has 0 spiro atoms. The number of amides is 1. The Kier molecular flexibility index (Phi) is 6.21. The number of halogens is 7. The van der Waals surface area contributed by atoms with Crippen molar-refractivity contribution in [2.45, 2.75) is 12.1 Å². The molecule has 0 saturated carbocycles. The summed E-state index contributed by atoms with van der Waals surface area (Å²) in [5.74, 6) is -6.58. The molecule has 3 rings (SSSR count). The van der Waals surface area contributed by atoms with E-state index in [9.17, 15) is 31.1 Å². The predicted molar refractivity (Wildman–Crippen MR) is 100 cm³/mol. The van der Waals surface area contributed by atoms with Crippen LogP contribution in [0.5, 0.6) is 0 Å². The first-order valence-corrected chi connectivity index (χ1v) is 8.96. The Morgan fingerprint density at radius 1 is 1.03 bits per heavy atom. The summed E-state index contributed by atoms with van der Waals surface area (Å²) in [5, 5.41) is 1.98. The van der Waals surface area contributed by atoms with E-state index in [0.29, 0.717) is 5.56 Å². The average molecular weight is 460 g/mol. The van der Waals surface area contributed by atoms with Gasteiger partial charge in [-0.3, -0.25) is 14.8 Å². The molecule has 0 bridgehead atoms. The molecule has 1 amide bonds. The number of alkyl halides is 5. The van der Waals surface area contributed by atoms with Gasteiger partial charge in [0.1, 0.15) is 5.82 Å². The van der Waals surface area contributed by atoms with Crippen molar-refractivity contribution < 1.29 is 31.1 Å². The number of aromatic nitrogens is 2. The fourth-order valence-electron chi connectivity index (χ4n) is 2.76. The second-order valence-electron chi connectivity index (χ2n) is 6.37. The van der Waals surface area contributed by atoms with Crippen molar-refractivity contribution >= 4 is 17.5 Å². The predicted octanol–water partition coefficient (Wildman–Crippen LogP) is 5.48. The molecule has 1 N–H and O–H groups in total. The first-order chi connectivity index (χ1) is 14.5. The van der Waals surface area contributed by atoms with Crippen LogP contribution in [0.15, 0.2) is 55.0 Å². The number of pyridine rings is 2. The number of nitrogens with one attached hydrogen (secondary N) is 1. The van der Waals surface area contributed by atoms with Crippen LogP contribution in [0.1, 0.15) is 21.6 Å². The standard InChI is InChI=1S/C20H12ClF6N3O/c21-13-6-12(8-28-9-13)11-3-4-15(16(22)7-11)19(23,24)10-30-18(31)14-2-1-5-29-17(14)20(25,26)27/h1-9H,10H2,(H,30,31). The summed E-state index contributed by atoms with van der Waals surface area (Å²) >= 11 is 5.81. The zero-order valence-electron chi connectivity index (χ0n) is 15.4. The van der Waals surface area contributed by atoms with Gasteiger partial charge in [-0.15, -0.1) is 0 Å². The highest BCUT2D eigenvalue weighted by Gasteiger charge is 2.39. The minimum atomic E-state index is -4.95. The van der Waals surface area contributed by atoms with Crippen molar-refractivity contribution in [1.82, 2.24) is 15.3 Å². The lowest BCUT2D eigenvalue weighted by atomic mass is 10.0. The lowest BCUT2D eigenvalue weighted by Crippen LogP contribution is -2.36. The van der Waals surface area contributed by atoms with Crippen LogP contribution >= 0.6 is 11.6 Å². The molecule has 0 fully saturated rings. The summed E-state index contributed by atoms with van der Waals surface area (Å²) in [6.07, 6.45) is -1.42. The summed E-state index contributed by atoms with van der Waals surface area (Å²) in [4.78, 5) is 19.0. The van der Waals surface area contributed by atoms with Crippen LogP contribution in [0.25, 0.3) is 11.1 Å². The molecule has 0 radical (unpaired) electrons. The van der Waals surface area contributed by atoms with Crippen molar-refractivity contribution in [3.63, 3.8) is 0 Å². The van der Waals surface area contributed by atoms with E-state index < -0.39 is 47.2 Å². The highest BCUT2D eigenvalue weighted by atomic mass is 35.5. The third-order valence-electron chi connectivity index (χ3n) is 4.19. The number of hydrogen-bond acceptors (Lipinski definition) is 3. The summed E-state index contributed by atoms with van der Waals surface area (Å²) < 4.78 is 82.2. The zero-order chi connectivity index (χ0) is 22.8. The summed E-state index contributed by atoms with van der Waals surface area (Å²) in [7, 11) is 0. The van der Waals surface area contributed by atoms with Gasteiger partial charge in [0.15, 0.2) is 5.69 Å². The van der Waals surface area contributed by atoms with E-state index in [1.165, 1.54) is 24.5 Å². The Labute approximate surface area is 176 Å². The molecule has 0 unspecified atom stereocenters. The molecule has 162 valence electrons. The van der Waals surface area contributed by atoms with E-state index in [2.05, 4.69) is 9.97 Å². The second-order valence-corrected chi connectivity index (χ2v) is 6.81. The van der Waals surface area contributed by atoms with Gasteiger partial charge < -0.3 is 5.32 Å². The van der Waals surface area contributed by atoms with Gasteiger partial charge in [0.25, 0.3) is 11.8 Å². The minimum absolute atomic E-state index is 0.237. The van der Waals surface area contributed by atoms with Crippen LogP contribution < -0.4 is 5.32 Å². The van der Waals surface area contributed by atoms with Gasteiger partial charge in [0, 0.05) is 24.2 Å². The van der Waals surface area contributed by atoms with Gasteiger partial charge in [-0.25, -0.2) is 4.39 Å². The van der Waals surface area contributed by atoms with Crippen LogP contribution in [0.4, 0.5) is 26.3 Å². The number of benzene rings is 1. The van der Waals surface area contributed by atoms with E-state index in [1.807, 2.05) is 0 Å². The lowest BCUT2D eigenvalue weighted by molar-refractivity contribution is -0.141. The molecule has 2 heterocycles. The third-order valence-corrected chi connectivity index (χ3v) is 4.40. The summed E-state index contributed by atoms with van der Waals surface area (Å²) in [6.45, 7) is -1.42. The molecule has 0 aliphatic heterocycles. The normalized spacial score (nSPS) is 12.0. The van der Waals surface area contributed by atoms with Gasteiger partial charge in [0.05, 0.1) is 22.7 Å². The molecular formula is C20H12ClF6N3O. The molecule has 1 aromatic carbocycles. The summed E-state index contributed by atoms with van der Waals surface area (Å²) in [5.41, 5.74) is -2.84. The quantitative estimate of drug-likeness (QED) is 0.514. The highest BCUT2D eigenvalue weighted by Crippen LogP contribution is 2.33. The fourth-order valence-corrected chi connectivity index (χ4v) is 2.93. The SMILES string of the molecule is O=C(NCC(F)(F)c1ccc(-c2cncc(Cl)c2)cc1F)c1cccnc1C(F)(F)F. The van der Waals surface area contributed by atoms with E-state index in [0.717, 1.165) is 30.5 Å². The van der Waals surface area contributed by atoms with Gasteiger partial charge in [0.2, 0.25) is 0 Å². The molecular weight excluding hydrogens is 448 g/mol. The molecule has 0 aliphatic carbocycles. The van der Waals surface area contributed by atoms with Crippen molar-refractivity contribution in [1.29, 1.82) is 0 Å². The van der Waals surface area contributed by atoms with Crippen LogP contribution in [-0.4, -0.2) is 22.4 Å². The Morgan fingerprint density at radius 3 is 2.42 bits per heavy atom. The Morgan fingerprint density at radius 2 is 1.77 bits per heavy atom. The molecule has 31 heavy (non-hydrogen) atoms. The van der Waals surface area contributed by atoms with Gasteiger partial charge in [-0.05, 0) is 35.9 Å².